The predicted molar refractivity (Wildman–Crippen MR) is 60.2 cm³/mol. The van der Waals surface area contributed by atoms with Crippen LogP contribution in [0.1, 0.15) is 15.9 Å². The standard InChI is InChI=1S/C11H12F3N3O/c12-11(13,14)6-1-2-9(8(3-6)10(16)18)17-4-7(15)5-17/h1-3,7H,4-5,15H2,(H2,16,18). The topological polar surface area (TPSA) is 72.4 Å². The molecular formula is C11H12F3N3O. The third-order valence-electron chi connectivity index (χ3n) is 2.84. The summed E-state index contributed by atoms with van der Waals surface area (Å²) in [5.41, 5.74) is 10.1. The van der Waals surface area contributed by atoms with Gasteiger partial charge in [0.2, 0.25) is 0 Å². The Morgan fingerprint density at radius 1 is 1.33 bits per heavy atom. The van der Waals surface area contributed by atoms with Gasteiger partial charge in [-0.25, -0.2) is 0 Å². The number of benzene rings is 1. The first-order valence-electron chi connectivity index (χ1n) is 5.30. The van der Waals surface area contributed by atoms with Crippen LogP contribution in [0.3, 0.4) is 0 Å². The predicted octanol–water partition coefficient (Wildman–Crippen LogP) is 0.952. The Hall–Kier alpha value is -1.76. The first kappa shape index (κ1) is 12.7. The van der Waals surface area contributed by atoms with Crippen molar-refractivity contribution in [3.8, 4) is 0 Å². The monoisotopic (exact) mass is 259 g/mol. The molecule has 0 unspecified atom stereocenters. The van der Waals surface area contributed by atoms with Crippen molar-refractivity contribution in [2.45, 2.75) is 12.2 Å². The highest BCUT2D eigenvalue weighted by Crippen LogP contribution is 2.33. The van der Waals surface area contributed by atoms with Crippen LogP contribution in [0.25, 0.3) is 0 Å². The summed E-state index contributed by atoms with van der Waals surface area (Å²) in [4.78, 5) is 13.0. The zero-order valence-corrected chi connectivity index (χ0v) is 9.37. The molecule has 98 valence electrons. The van der Waals surface area contributed by atoms with Crippen molar-refractivity contribution in [3.05, 3.63) is 29.3 Å². The van der Waals surface area contributed by atoms with Crippen molar-refractivity contribution in [3.63, 3.8) is 0 Å². The van der Waals surface area contributed by atoms with E-state index >= 15 is 0 Å². The van der Waals surface area contributed by atoms with E-state index in [2.05, 4.69) is 0 Å². The molecule has 1 aromatic rings. The molecule has 0 radical (unpaired) electrons. The fourth-order valence-electron chi connectivity index (χ4n) is 1.89. The second-order valence-electron chi connectivity index (χ2n) is 4.26. The van der Waals surface area contributed by atoms with Gasteiger partial charge >= 0.3 is 6.18 Å². The number of alkyl halides is 3. The van der Waals surface area contributed by atoms with Crippen LogP contribution in [0.2, 0.25) is 0 Å². The lowest BCUT2D eigenvalue weighted by atomic mass is 10.0. The van der Waals surface area contributed by atoms with E-state index < -0.39 is 17.6 Å². The molecule has 1 aliphatic heterocycles. The molecule has 0 saturated carbocycles. The highest BCUT2D eigenvalue weighted by molar-refractivity contribution is 5.99. The molecule has 0 atom stereocenters. The van der Waals surface area contributed by atoms with Gasteiger partial charge in [-0.1, -0.05) is 0 Å². The summed E-state index contributed by atoms with van der Waals surface area (Å²) >= 11 is 0. The molecule has 1 saturated heterocycles. The van der Waals surface area contributed by atoms with E-state index in [4.69, 9.17) is 11.5 Å². The maximum atomic E-state index is 12.5. The lowest BCUT2D eigenvalue weighted by Gasteiger charge is -2.39. The van der Waals surface area contributed by atoms with Crippen molar-refractivity contribution < 1.29 is 18.0 Å². The first-order valence-corrected chi connectivity index (χ1v) is 5.30. The molecule has 7 heteroatoms. The van der Waals surface area contributed by atoms with Gasteiger partial charge in [0.1, 0.15) is 0 Å². The Balaban J connectivity index is 2.39. The average molecular weight is 259 g/mol. The summed E-state index contributed by atoms with van der Waals surface area (Å²) in [7, 11) is 0. The average Bonchev–Trinajstić information content (AvgIpc) is 2.22. The van der Waals surface area contributed by atoms with Gasteiger partial charge in [-0.3, -0.25) is 4.79 Å². The number of anilines is 1. The number of hydrogen-bond donors (Lipinski definition) is 2. The maximum Gasteiger partial charge on any atom is 0.416 e. The van der Waals surface area contributed by atoms with E-state index in [0.717, 1.165) is 12.1 Å². The molecule has 1 fully saturated rings. The number of rotatable bonds is 2. The smallest absolute Gasteiger partial charge is 0.368 e. The molecule has 1 heterocycles. The van der Waals surface area contributed by atoms with E-state index in [1.807, 2.05) is 0 Å². The van der Waals surface area contributed by atoms with E-state index in [-0.39, 0.29) is 11.6 Å². The number of nitrogens with two attached hydrogens (primary N) is 2. The van der Waals surface area contributed by atoms with Gasteiger partial charge in [-0.05, 0) is 18.2 Å². The molecule has 0 bridgehead atoms. The normalized spacial score (nSPS) is 16.6. The van der Waals surface area contributed by atoms with E-state index in [0.29, 0.717) is 18.8 Å². The first-order chi connectivity index (χ1) is 8.29. The van der Waals surface area contributed by atoms with Gasteiger partial charge in [0.25, 0.3) is 5.91 Å². The maximum absolute atomic E-state index is 12.5. The summed E-state index contributed by atoms with van der Waals surface area (Å²) in [6.45, 7) is 1.01. The minimum Gasteiger partial charge on any atom is -0.368 e. The summed E-state index contributed by atoms with van der Waals surface area (Å²) in [6, 6.07) is 2.95. The molecule has 1 amide bonds. The highest BCUT2D eigenvalue weighted by Gasteiger charge is 2.33. The van der Waals surface area contributed by atoms with Crippen molar-refractivity contribution >= 4 is 11.6 Å². The molecule has 0 aromatic heterocycles. The molecule has 4 nitrogen and oxygen atoms in total. The summed E-state index contributed by atoms with van der Waals surface area (Å²) in [5.74, 6) is -0.878. The Morgan fingerprint density at radius 2 is 1.94 bits per heavy atom. The number of nitrogens with zero attached hydrogens (tertiary/aromatic N) is 1. The summed E-state index contributed by atoms with van der Waals surface area (Å²) < 4.78 is 37.6. The van der Waals surface area contributed by atoms with Crippen molar-refractivity contribution in [1.29, 1.82) is 0 Å². The Kier molecular flexibility index (Phi) is 2.94. The number of primary amides is 1. The molecule has 1 aliphatic rings. The SMILES string of the molecule is NC(=O)c1cc(C(F)(F)F)ccc1N1CC(N)C1. The van der Waals surface area contributed by atoms with Gasteiger partial charge in [0.15, 0.2) is 0 Å². The second-order valence-corrected chi connectivity index (χ2v) is 4.26. The number of carbonyl (C=O) groups excluding carboxylic acids is 1. The van der Waals surface area contributed by atoms with Gasteiger partial charge in [-0.15, -0.1) is 0 Å². The Bertz CT molecular complexity index is 481. The van der Waals surface area contributed by atoms with Crippen LogP contribution < -0.4 is 16.4 Å². The number of hydrogen-bond acceptors (Lipinski definition) is 3. The van der Waals surface area contributed by atoms with E-state index in [1.165, 1.54) is 6.07 Å². The summed E-state index contributed by atoms with van der Waals surface area (Å²) in [6.07, 6.45) is -4.49. The molecule has 1 aromatic carbocycles. The lowest BCUT2D eigenvalue weighted by molar-refractivity contribution is -0.137. The number of amides is 1. The zero-order valence-electron chi connectivity index (χ0n) is 9.37. The molecule has 18 heavy (non-hydrogen) atoms. The Labute approximate surface area is 101 Å². The lowest BCUT2D eigenvalue weighted by Crippen LogP contribution is -2.56. The van der Waals surface area contributed by atoms with Gasteiger partial charge in [0.05, 0.1) is 11.1 Å². The summed E-state index contributed by atoms with van der Waals surface area (Å²) in [5, 5.41) is 0. The van der Waals surface area contributed by atoms with Crippen molar-refractivity contribution in [1.82, 2.24) is 0 Å². The van der Waals surface area contributed by atoms with Crippen LogP contribution in [0.5, 0.6) is 0 Å². The second kappa shape index (κ2) is 4.16. The largest absolute Gasteiger partial charge is 0.416 e. The van der Waals surface area contributed by atoms with E-state index in [1.54, 1.807) is 4.90 Å². The fourth-order valence-corrected chi connectivity index (χ4v) is 1.89. The van der Waals surface area contributed by atoms with Gasteiger partial charge in [0, 0.05) is 24.8 Å². The molecular weight excluding hydrogens is 247 g/mol. The van der Waals surface area contributed by atoms with Crippen LogP contribution in [0.4, 0.5) is 18.9 Å². The van der Waals surface area contributed by atoms with Crippen LogP contribution in [-0.4, -0.2) is 25.0 Å². The third kappa shape index (κ3) is 2.26. The van der Waals surface area contributed by atoms with Crippen LogP contribution >= 0.6 is 0 Å². The van der Waals surface area contributed by atoms with Gasteiger partial charge < -0.3 is 16.4 Å². The molecule has 4 N–H and O–H groups in total. The number of carbonyl (C=O) groups is 1. The quantitative estimate of drug-likeness (QED) is 0.830. The zero-order chi connectivity index (χ0) is 13.5. The van der Waals surface area contributed by atoms with Crippen LogP contribution in [0, 0.1) is 0 Å². The highest BCUT2D eigenvalue weighted by atomic mass is 19.4. The fraction of sp³-hybridized carbons (Fsp3) is 0.364. The molecule has 0 aliphatic carbocycles. The number of halogens is 3. The van der Waals surface area contributed by atoms with Crippen molar-refractivity contribution in [2.75, 3.05) is 18.0 Å². The Morgan fingerprint density at radius 3 is 2.39 bits per heavy atom. The minimum absolute atomic E-state index is 0.0204. The van der Waals surface area contributed by atoms with E-state index in [9.17, 15) is 18.0 Å². The third-order valence-corrected chi connectivity index (χ3v) is 2.84. The van der Waals surface area contributed by atoms with Crippen LogP contribution in [0.15, 0.2) is 18.2 Å². The van der Waals surface area contributed by atoms with Crippen LogP contribution in [-0.2, 0) is 6.18 Å². The molecule has 0 spiro atoms. The van der Waals surface area contributed by atoms with Crippen molar-refractivity contribution in [2.24, 2.45) is 11.5 Å². The van der Waals surface area contributed by atoms with Gasteiger partial charge in [-0.2, -0.15) is 13.2 Å². The molecule has 2 rings (SSSR count). The minimum atomic E-state index is -4.49.